The van der Waals surface area contributed by atoms with Gasteiger partial charge in [-0.3, -0.25) is 0 Å². The van der Waals surface area contributed by atoms with E-state index in [2.05, 4.69) is 5.32 Å². The van der Waals surface area contributed by atoms with Crippen LogP contribution < -0.4 is 5.32 Å². The highest BCUT2D eigenvalue weighted by Gasteiger charge is 2.13. The van der Waals surface area contributed by atoms with Crippen molar-refractivity contribution >= 4 is 0 Å². The van der Waals surface area contributed by atoms with Crippen LogP contribution in [0.3, 0.4) is 0 Å². The third kappa shape index (κ3) is 3.85. The summed E-state index contributed by atoms with van der Waals surface area (Å²) in [6.07, 6.45) is 1.24. The maximum atomic E-state index is 5.17. The second-order valence-corrected chi connectivity index (χ2v) is 2.29. The first-order valence-electron chi connectivity index (χ1n) is 4.16. The SMILES string of the molecule is CC.CNCC1CCOC1. The van der Waals surface area contributed by atoms with Gasteiger partial charge in [-0.05, 0) is 25.9 Å². The molecule has 10 heavy (non-hydrogen) atoms. The van der Waals surface area contributed by atoms with E-state index in [4.69, 9.17) is 4.74 Å². The minimum absolute atomic E-state index is 0.778. The van der Waals surface area contributed by atoms with Gasteiger partial charge in [-0.2, -0.15) is 0 Å². The number of hydrogen-bond acceptors (Lipinski definition) is 2. The number of rotatable bonds is 2. The summed E-state index contributed by atoms with van der Waals surface area (Å²) >= 11 is 0. The predicted molar refractivity (Wildman–Crippen MR) is 44.2 cm³/mol. The van der Waals surface area contributed by atoms with Crippen LogP contribution in [0.5, 0.6) is 0 Å². The first-order chi connectivity index (χ1) is 4.93. The fraction of sp³-hybridized carbons (Fsp3) is 1.00. The zero-order valence-corrected chi connectivity index (χ0v) is 7.31. The molecule has 2 nitrogen and oxygen atoms in total. The van der Waals surface area contributed by atoms with Crippen molar-refractivity contribution in [2.24, 2.45) is 5.92 Å². The van der Waals surface area contributed by atoms with Crippen LogP contribution in [0.25, 0.3) is 0 Å². The quantitative estimate of drug-likeness (QED) is 0.632. The van der Waals surface area contributed by atoms with Crippen LogP contribution in [0.1, 0.15) is 20.3 Å². The second-order valence-electron chi connectivity index (χ2n) is 2.29. The molecule has 1 unspecified atom stereocenters. The molecule has 0 amide bonds. The Morgan fingerprint density at radius 3 is 2.60 bits per heavy atom. The van der Waals surface area contributed by atoms with Crippen molar-refractivity contribution in [2.45, 2.75) is 20.3 Å². The lowest BCUT2D eigenvalue weighted by molar-refractivity contribution is 0.185. The molecule has 1 aliphatic rings. The molecule has 0 saturated carbocycles. The van der Waals surface area contributed by atoms with Gasteiger partial charge >= 0.3 is 0 Å². The Hall–Kier alpha value is -0.0800. The minimum atomic E-state index is 0.778. The summed E-state index contributed by atoms with van der Waals surface area (Å²) in [5.41, 5.74) is 0. The summed E-state index contributed by atoms with van der Waals surface area (Å²) in [6, 6.07) is 0. The van der Waals surface area contributed by atoms with Crippen molar-refractivity contribution < 1.29 is 4.74 Å². The van der Waals surface area contributed by atoms with Gasteiger partial charge in [0.25, 0.3) is 0 Å². The molecule has 1 saturated heterocycles. The molecule has 1 N–H and O–H groups in total. The molecular weight excluding hydrogens is 126 g/mol. The first-order valence-corrected chi connectivity index (χ1v) is 4.16. The Balaban J connectivity index is 0.000000371. The van der Waals surface area contributed by atoms with Crippen molar-refractivity contribution in [3.63, 3.8) is 0 Å². The molecule has 0 aromatic heterocycles. The molecule has 0 aliphatic carbocycles. The molecule has 2 heteroatoms. The topological polar surface area (TPSA) is 21.3 Å². The predicted octanol–water partition coefficient (Wildman–Crippen LogP) is 1.27. The summed E-state index contributed by atoms with van der Waals surface area (Å²) in [6.45, 7) is 7.03. The summed E-state index contributed by atoms with van der Waals surface area (Å²) < 4.78 is 5.17. The minimum Gasteiger partial charge on any atom is -0.381 e. The molecule has 62 valence electrons. The molecule has 0 bridgehead atoms. The molecule has 0 spiro atoms. The average molecular weight is 145 g/mol. The highest BCUT2D eigenvalue weighted by Crippen LogP contribution is 2.09. The normalized spacial score (nSPS) is 23.7. The first kappa shape index (κ1) is 9.92. The second kappa shape index (κ2) is 7.03. The van der Waals surface area contributed by atoms with Gasteiger partial charge < -0.3 is 10.1 Å². The highest BCUT2D eigenvalue weighted by molar-refractivity contribution is 4.64. The van der Waals surface area contributed by atoms with Gasteiger partial charge in [-0.15, -0.1) is 0 Å². The maximum absolute atomic E-state index is 5.17. The van der Waals surface area contributed by atoms with E-state index in [1.165, 1.54) is 6.42 Å². The molecule has 1 rings (SSSR count). The molecule has 0 aromatic carbocycles. The third-order valence-corrected chi connectivity index (χ3v) is 1.52. The van der Waals surface area contributed by atoms with E-state index < -0.39 is 0 Å². The summed E-state index contributed by atoms with van der Waals surface area (Å²) in [7, 11) is 1.98. The molecule has 1 aliphatic heterocycles. The van der Waals surface area contributed by atoms with Gasteiger partial charge in [-0.25, -0.2) is 0 Å². The molecule has 1 heterocycles. The highest BCUT2D eigenvalue weighted by atomic mass is 16.5. The van der Waals surface area contributed by atoms with Crippen LogP contribution in [0.2, 0.25) is 0 Å². The molecular formula is C8H19NO. The van der Waals surface area contributed by atoms with Crippen molar-refractivity contribution in [3.8, 4) is 0 Å². The van der Waals surface area contributed by atoms with Crippen LogP contribution >= 0.6 is 0 Å². The van der Waals surface area contributed by atoms with E-state index in [0.29, 0.717) is 0 Å². The van der Waals surface area contributed by atoms with E-state index in [9.17, 15) is 0 Å². The lowest BCUT2D eigenvalue weighted by Gasteiger charge is -2.03. The van der Waals surface area contributed by atoms with Crippen LogP contribution in [-0.4, -0.2) is 26.8 Å². The smallest absolute Gasteiger partial charge is 0.0507 e. The summed E-state index contributed by atoms with van der Waals surface area (Å²) in [4.78, 5) is 0. The van der Waals surface area contributed by atoms with Crippen LogP contribution in [0.4, 0.5) is 0 Å². The fourth-order valence-electron chi connectivity index (χ4n) is 1.03. The van der Waals surface area contributed by atoms with Crippen LogP contribution in [0, 0.1) is 5.92 Å². The monoisotopic (exact) mass is 145 g/mol. The van der Waals surface area contributed by atoms with Crippen molar-refractivity contribution in [2.75, 3.05) is 26.8 Å². The van der Waals surface area contributed by atoms with Gasteiger partial charge in [0.2, 0.25) is 0 Å². The van der Waals surface area contributed by atoms with E-state index in [-0.39, 0.29) is 0 Å². The molecule has 0 radical (unpaired) electrons. The van der Waals surface area contributed by atoms with Crippen molar-refractivity contribution in [3.05, 3.63) is 0 Å². The Morgan fingerprint density at radius 2 is 2.20 bits per heavy atom. The van der Waals surface area contributed by atoms with E-state index >= 15 is 0 Å². The Labute approximate surface area is 64.0 Å². The van der Waals surface area contributed by atoms with Gasteiger partial charge in [0.15, 0.2) is 0 Å². The zero-order chi connectivity index (χ0) is 7.82. The van der Waals surface area contributed by atoms with E-state index in [1.54, 1.807) is 0 Å². The zero-order valence-electron chi connectivity index (χ0n) is 7.31. The maximum Gasteiger partial charge on any atom is 0.0507 e. The number of ether oxygens (including phenoxy) is 1. The Bertz CT molecular complexity index is 60.3. The molecule has 1 fully saturated rings. The van der Waals surface area contributed by atoms with E-state index in [1.807, 2.05) is 20.9 Å². The van der Waals surface area contributed by atoms with Gasteiger partial charge in [0, 0.05) is 6.61 Å². The summed E-state index contributed by atoms with van der Waals surface area (Å²) in [5, 5.41) is 3.13. The van der Waals surface area contributed by atoms with Crippen molar-refractivity contribution in [1.82, 2.24) is 5.32 Å². The lowest BCUT2D eigenvalue weighted by Crippen LogP contribution is -2.18. The Kier molecular flexibility index (Phi) is 6.98. The van der Waals surface area contributed by atoms with Gasteiger partial charge in [0.05, 0.1) is 6.61 Å². The lowest BCUT2D eigenvalue weighted by atomic mass is 10.1. The average Bonchev–Trinajstić information content (AvgIpc) is 2.46. The summed E-state index contributed by atoms with van der Waals surface area (Å²) in [5.74, 6) is 0.778. The van der Waals surface area contributed by atoms with Gasteiger partial charge in [-0.1, -0.05) is 13.8 Å². The van der Waals surface area contributed by atoms with Crippen LogP contribution in [0.15, 0.2) is 0 Å². The Morgan fingerprint density at radius 1 is 1.50 bits per heavy atom. The fourth-order valence-corrected chi connectivity index (χ4v) is 1.03. The molecule has 0 aromatic rings. The largest absolute Gasteiger partial charge is 0.381 e. The number of nitrogens with one attached hydrogen (secondary N) is 1. The standard InChI is InChI=1S/C6H13NO.C2H6/c1-7-4-6-2-3-8-5-6;1-2/h6-7H,2-5H2,1H3;1-2H3. The van der Waals surface area contributed by atoms with E-state index in [0.717, 1.165) is 25.7 Å². The molecule has 1 atom stereocenters. The van der Waals surface area contributed by atoms with Crippen molar-refractivity contribution in [1.29, 1.82) is 0 Å². The van der Waals surface area contributed by atoms with Crippen LogP contribution in [-0.2, 0) is 4.74 Å². The number of hydrogen-bond donors (Lipinski definition) is 1. The third-order valence-electron chi connectivity index (χ3n) is 1.52. The van der Waals surface area contributed by atoms with Gasteiger partial charge in [0.1, 0.15) is 0 Å².